The first-order valence-corrected chi connectivity index (χ1v) is 7.54. The maximum Gasteiger partial charge on any atom is 0.256 e. The highest BCUT2D eigenvalue weighted by atomic mass is 32.1. The highest BCUT2D eigenvalue weighted by Gasteiger charge is 2.17. The molecule has 0 unspecified atom stereocenters. The second-order valence-electron chi connectivity index (χ2n) is 4.95. The van der Waals surface area contributed by atoms with Crippen LogP contribution in [0.15, 0.2) is 23.6 Å². The molecule has 0 spiro atoms. The van der Waals surface area contributed by atoms with Crippen molar-refractivity contribution in [3.8, 4) is 11.5 Å². The number of carbonyl (C=O) groups excluding carboxylic acids is 1. The minimum atomic E-state index is -0.0175. The van der Waals surface area contributed by atoms with Gasteiger partial charge >= 0.3 is 0 Å². The molecule has 21 heavy (non-hydrogen) atoms. The van der Waals surface area contributed by atoms with Crippen LogP contribution in [-0.4, -0.2) is 35.4 Å². The lowest BCUT2D eigenvalue weighted by atomic mass is 10.1. The average Bonchev–Trinajstić information content (AvgIpc) is 2.92. The van der Waals surface area contributed by atoms with E-state index in [-0.39, 0.29) is 5.91 Å². The monoisotopic (exact) mass is 304 g/mol. The molecule has 1 aromatic carbocycles. The summed E-state index contributed by atoms with van der Waals surface area (Å²) in [7, 11) is 1.79. The SMILES string of the molecule is Cc1nscc1C(=O)N(C)Cc1ccc2c(c1)OCCO2. The second kappa shape index (κ2) is 5.73. The molecule has 0 aliphatic carbocycles. The summed E-state index contributed by atoms with van der Waals surface area (Å²) in [6.07, 6.45) is 0. The van der Waals surface area contributed by atoms with E-state index in [1.54, 1.807) is 17.3 Å². The lowest BCUT2D eigenvalue weighted by molar-refractivity contribution is 0.0784. The predicted octanol–water partition coefficient (Wildman–Crippen LogP) is 2.49. The van der Waals surface area contributed by atoms with E-state index in [0.29, 0.717) is 25.3 Å². The number of aryl methyl sites for hydroxylation is 1. The Morgan fingerprint density at radius 3 is 2.81 bits per heavy atom. The van der Waals surface area contributed by atoms with Crippen LogP contribution in [0.4, 0.5) is 0 Å². The summed E-state index contributed by atoms with van der Waals surface area (Å²) < 4.78 is 15.2. The van der Waals surface area contributed by atoms with E-state index < -0.39 is 0 Å². The number of benzene rings is 1. The molecule has 0 saturated carbocycles. The first-order valence-electron chi connectivity index (χ1n) is 6.70. The van der Waals surface area contributed by atoms with Crippen molar-refractivity contribution in [3.05, 3.63) is 40.4 Å². The third-order valence-corrected chi connectivity index (χ3v) is 4.07. The molecule has 110 valence electrons. The quantitative estimate of drug-likeness (QED) is 0.874. The van der Waals surface area contributed by atoms with Crippen LogP contribution in [0.2, 0.25) is 0 Å². The number of nitrogens with zero attached hydrogens (tertiary/aromatic N) is 2. The van der Waals surface area contributed by atoms with Crippen molar-refractivity contribution >= 4 is 17.4 Å². The van der Waals surface area contributed by atoms with Crippen LogP contribution in [0.1, 0.15) is 21.6 Å². The normalized spacial score (nSPS) is 13.0. The highest BCUT2D eigenvalue weighted by molar-refractivity contribution is 7.03. The Hall–Kier alpha value is -2.08. The number of ether oxygens (including phenoxy) is 2. The summed E-state index contributed by atoms with van der Waals surface area (Å²) in [6, 6.07) is 5.77. The standard InChI is InChI=1S/C15H16N2O3S/c1-10-12(9-21-16-10)15(18)17(2)8-11-3-4-13-14(7-11)20-6-5-19-13/h3-4,7,9H,5-6,8H2,1-2H3. The summed E-state index contributed by atoms with van der Waals surface area (Å²) in [5, 5.41) is 1.79. The molecule has 1 aliphatic rings. The Bertz CT molecular complexity index is 669. The topological polar surface area (TPSA) is 51.7 Å². The van der Waals surface area contributed by atoms with Crippen molar-refractivity contribution in [2.75, 3.05) is 20.3 Å². The van der Waals surface area contributed by atoms with Gasteiger partial charge in [0, 0.05) is 19.0 Å². The van der Waals surface area contributed by atoms with Crippen LogP contribution in [0.5, 0.6) is 11.5 Å². The largest absolute Gasteiger partial charge is 0.486 e. The van der Waals surface area contributed by atoms with Crippen molar-refractivity contribution in [3.63, 3.8) is 0 Å². The van der Waals surface area contributed by atoms with Crippen LogP contribution in [0, 0.1) is 6.92 Å². The molecule has 2 heterocycles. The van der Waals surface area contributed by atoms with Gasteiger partial charge < -0.3 is 14.4 Å². The van der Waals surface area contributed by atoms with Gasteiger partial charge in [-0.1, -0.05) is 6.07 Å². The molecule has 1 aliphatic heterocycles. The van der Waals surface area contributed by atoms with Crippen molar-refractivity contribution in [2.24, 2.45) is 0 Å². The van der Waals surface area contributed by atoms with Crippen LogP contribution in [-0.2, 0) is 6.54 Å². The first kappa shape index (κ1) is 13.9. The molecular weight excluding hydrogens is 288 g/mol. The van der Waals surface area contributed by atoms with E-state index in [1.165, 1.54) is 11.5 Å². The fraction of sp³-hybridized carbons (Fsp3) is 0.333. The summed E-state index contributed by atoms with van der Waals surface area (Å²) in [5.74, 6) is 1.49. The molecule has 0 atom stereocenters. The third-order valence-electron chi connectivity index (χ3n) is 3.35. The van der Waals surface area contributed by atoms with Gasteiger partial charge in [-0.3, -0.25) is 4.79 Å². The van der Waals surface area contributed by atoms with E-state index in [0.717, 1.165) is 22.8 Å². The molecular formula is C15H16N2O3S. The van der Waals surface area contributed by atoms with Crippen LogP contribution >= 0.6 is 11.5 Å². The molecule has 0 fully saturated rings. The molecule has 0 bridgehead atoms. The summed E-state index contributed by atoms with van der Waals surface area (Å²) in [4.78, 5) is 14.0. The molecule has 0 radical (unpaired) electrons. The molecule has 0 N–H and O–H groups in total. The third kappa shape index (κ3) is 2.85. The number of amides is 1. The lowest BCUT2D eigenvalue weighted by Crippen LogP contribution is -2.26. The van der Waals surface area contributed by atoms with E-state index in [2.05, 4.69) is 4.37 Å². The number of carbonyl (C=O) groups is 1. The van der Waals surface area contributed by atoms with Crippen LogP contribution in [0.3, 0.4) is 0 Å². The fourth-order valence-corrected chi connectivity index (χ4v) is 2.92. The lowest BCUT2D eigenvalue weighted by Gasteiger charge is -2.21. The Balaban J connectivity index is 1.74. The van der Waals surface area contributed by atoms with Gasteiger partial charge in [0.2, 0.25) is 0 Å². The predicted molar refractivity (Wildman–Crippen MR) is 80.1 cm³/mol. The number of rotatable bonds is 3. The van der Waals surface area contributed by atoms with Crippen molar-refractivity contribution < 1.29 is 14.3 Å². The van der Waals surface area contributed by atoms with Crippen LogP contribution < -0.4 is 9.47 Å². The zero-order chi connectivity index (χ0) is 14.8. The van der Waals surface area contributed by atoms with E-state index in [4.69, 9.17) is 9.47 Å². The molecule has 2 aromatic rings. The Kier molecular flexibility index (Phi) is 3.79. The van der Waals surface area contributed by atoms with Crippen molar-refractivity contribution in [1.82, 2.24) is 9.27 Å². The van der Waals surface area contributed by atoms with Gasteiger partial charge in [-0.15, -0.1) is 0 Å². The van der Waals surface area contributed by atoms with Gasteiger partial charge in [-0.05, 0) is 36.2 Å². The Morgan fingerprint density at radius 1 is 1.33 bits per heavy atom. The Labute approximate surface area is 127 Å². The summed E-state index contributed by atoms with van der Waals surface area (Å²) >= 11 is 1.30. The van der Waals surface area contributed by atoms with Gasteiger partial charge in [0.1, 0.15) is 13.2 Å². The van der Waals surface area contributed by atoms with E-state index >= 15 is 0 Å². The molecule has 1 aromatic heterocycles. The van der Waals surface area contributed by atoms with E-state index in [1.807, 2.05) is 25.1 Å². The van der Waals surface area contributed by atoms with Gasteiger partial charge in [-0.25, -0.2) is 0 Å². The second-order valence-corrected chi connectivity index (χ2v) is 5.58. The summed E-state index contributed by atoms with van der Waals surface area (Å²) in [5.41, 5.74) is 2.45. The van der Waals surface area contributed by atoms with Gasteiger partial charge in [-0.2, -0.15) is 4.37 Å². The van der Waals surface area contributed by atoms with Crippen molar-refractivity contribution in [2.45, 2.75) is 13.5 Å². The van der Waals surface area contributed by atoms with E-state index in [9.17, 15) is 4.79 Å². The average molecular weight is 304 g/mol. The Morgan fingerprint density at radius 2 is 2.10 bits per heavy atom. The first-order chi connectivity index (χ1) is 10.1. The molecule has 3 rings (SSSR count). The van der Waals surface area contributed by atoms with Crippen LogP contribution in [0.25, 0.3) is 0 Å². The molecule has 0 saturated heterocycles. The molecule has 1 amide bonds. The number of hydrogen-bond donors (Lipinski definition) is 0. The van der Waals surface area contributed by atoms with Crippen molar-refractivity contribution in [1.29, 1.82) is 0 Å². The number of aromatic nitrogens is 1. The molecule has 6 heteroatoms. The van der Waals surface area contributed by atoms with Gasteiger partial charge in [0.25, 0.3) is 5.91 Å². The zero-order valence-electron chi connectivity index (χ0n) is 12.0. The minimum absolute atomic E-state index is 0.0175. The zero-order valence-corrected chi connectivity index (χ0v) is 12.8. The smallest absolute Gasteiger partial charge is 0.256 e. The van der Waals surface area contributed by atoms with Gasteiger partial charge in [0.15, 0.2) is 11.5 Å². The molecule has 5 nitrogen and oxygen atoms in total. The van der Waals surface area contributed by atoms with Gasteiger partial charge in [0.05, 0.1) is 11.3 Å². The minimum Gasteiger partial charge on any atom is -0.486 e. The summed E-state index contributed by atoms with van der Waals surface area (Å²) in [6.45, 7) is 3.51. The highest BCUT2D eigenvalue weighted by Crippen LogP contribution is 2.31. The maximum atomic E-state index is 12.4. The fourth-order valence-electron chi connectivity index (χ4n) is 2.24. The number of fused-ring (bicyclic) bond motifs is 1. The number of hydrogen-bond acceptors (Lipinski definition) is 5. The maximum absolute atomic E-state index is 12.4.